The van der Waals surface area contributed by atoms with Gasteiger partial charge in [0.05, 0.1) is 6.10 Å². The van der Waals surface area contributed by atoms with Gasteiger partial charge < -0.3 is 14.9 Å². The van der Waals surface area contributed by atoms with Crippen LogP contribution in [0.25, 0.3) is 0 Å². The molecule has 4 nitrogen and oxygen atoms in total. The summed E-state index contributed by atoms with van der Waals surface area (Å²) in [4.78, 5) is 11.3. The number of hydrogen-bond donors (Lipinski definition) is 2. The molecule has 0 saturated heterocycles. The summed E-state index contributed by atoms with van der Waals surface area (Å²) >= 11 is 0. The first-order valence-corrected chi connectivity index (χ1v) is 5.07. The molecular formula is C12H16O4. The first-order chi connectivity index (χ1) is 7.36. The molecule has 0 radical (unpaired) electrons. The van der Waals surface area contributed by atoms with Gasteiger partial charge in [0.15, 0.2) is 5.60 Å². The van der Waals surface area contributed by atoms with Crippen LogP contribution in [0.1, 0.15) is 26.3 Å². The van der Waals surface area contributed by atoms with E-state index in [9.17, 15) is 15.0 Å². The minimum atomic E-state index is -1.44. The number of carbonyl (C=O) groups is 1. The lowest BCUT2D eigenvalue weighted by Crippen LogP contribution is -2.37. The van der Waals surface area contributed by atoms with Crippen molar-refractivity contribution in [3.05, 3.63) is 29.8 Å². The number of phenolic OH excluding ortho intramolecular Hbond substituents is 1. The summed E-state index contributed by atoms with van der Waals surface area (Å²) in [7, 11) is 0. The number of carboxylic acid groups (broad SMARTS) is 1. The summed E-state index contributed by atoms with van der Waals surface area (Å²) in [5.74, 6) is -1.05. The normalized spacial score (nSPS) is 14.8. The van der Waals surface area contributed by atoms with Gasteiger partial charge in [-0.1, -0.05) is 12.1 Å². The molecule has 0 fully saturated rings. The molecule has 4 heteroatoms. The Balaban J connectivity index is 3.16. The highest BCUT2D eigenvalue weighted by molar-refractivity contribution is 5.79. The number of rotatable bonds is 4. The molecule has 0 bridgehead atoms. The highest BCUT2D eigenvalue weighted by Crippen LogP contribution is 2.29. The van der Waals surface area contributed by atoms with E-state index in [0.29, 0.717) is 5.56 Å². The third-order valence-corrected chi connectivity index (χ3v) is 2.28. The van der Waals surface area contributed by atoms with E-state index in [2.05, 4.69) is 0 Å². The van der Waals surface area contributed by atoms with Crippen LogP contribution in [0.15, 0.2) is 24.3 Å². The van der Waals surface area contributed by atoms with Crippen molar-refractivity contribution in [2.45, 2.75) is 32.5 Å². The van der Waals surface area contributed by atoms with Gasteiger partial charge >= 0.3 is 5.97 Å². The number of ether oxygens (including phenoxy) is 1. The van der Waals surface area contributed by atoms with Gasteiger partial charge in [0, 0.05) is 0 Å². The predicted octanol–water partition coefficient (Wildman–Crippen LogP) is 2.12. The van der Waals surface area contributed by atoms with E-state index in [4.69, 9.17) is 4.74 Å². The van der Waals surface area contributed by atoms with Gasteiger partial charge in [-0.15, -0.1) is 0 Å². The lowest BCUT2D eigenvalue weighted by molar-refractivity contribution is -0.170. The van der Waals surface area contributed by atoms with Crippen molar-refractivity contribution in [3.63, 3.8) is 0 Å². The first kappa shape index (κ1) is 12.5. The average molecular weight is 224 g/mol. The summed E-state index contributed by atoms with van der Waals surface area (Å²) in [5, 5.41) is 18.6. The Morgan fingerprint density at radius 2 is 2.06 bits per heavy atom. The number of aromatic hydroxyl groups is 1. The zero-order valence-electron chi connectivity index (χ0n) is 9.60. The van der Waals surface area contributed by atoms with Crippen LogP contribution in [0.2, 0.25) is 0 Å². The highest BCUT2D eigenvalue weighted by Gasteiger charge is 2.37. The second-order valence-electron chi connectivity index (χ2n) is 4.06. The van der Waals surface area contributed by atoms with Crippen molar-refractivity contribution in [2.75, 3.05) is 0 Å². The molecule has 0 spiro atoms. The summed E-state index contributed by atoms with van der Waals surface area (Å²) in [6.45, 7) is 5.01. The topological polar surface area (TPSA) is 66.8 Å². The van der Waals surface area contributed by atoms with Crippen molar-refractivity contribution in [3.8, 4) is 5.75 Å². The van der Waals surface area contributed by atoms with Gasteiger partial charge in [-0.25, -0.2) is 4.79 Å². The monoisotopic (exact) mass is 224 g/mol. The molecule has 0 amide bonds. The third-order valence-electron chi connectivity index (χ3n) is 2.28. The lowest BCUT2D eigenvalue weighted by atomic mass is 9.95. The maximum Gasteiger partial charge on any atom is 0.340 e. The Morgan fingerprint density at radius 3 is 2.50 bits per heavy atom. The average Bonchev–Trinajstić information content (AvgIpc) is 2.16. The number of hydrogen-bond acceptors (Lipinski definition) is 3. The number of benzene rings is 1. The second kappa shape index (κ2) is 4.53. The fourth-order valence-corrected chi connectivity index (χ4v) is 1.52. The smallest absolute Gasteiger partial charge is 0.340 e. The van der Waals surface area contributed by atoms with Gasteiger partial charge in [-0.2, -0.15) is 0 Å². The molecule has 0 aliphatic heterocycles. The first-order valence-electron chi connectivity index (χ1n) is 5.07. The highest BCUT2D eigenvalue weighted by atomic mass is 16.5. The maximum atomic E-state index is 11.3. The Bertz CT molecular complexity index is 386. The fraction of sp³-hybridized carbons (Fsp3) is 0.417. The van der Waals surface area contributed by atoms with E-state index < -0.39 is 11.6 Å². The molecule has 2 N–H and O–H groups in total. The number of phenols is 1. The van der Waals surface area contributed by atoms with Crippen molar-refractivity contribution >= 4 is 5.97 Å². The summed E-state index contributed by atoms with van der Waals surface area (Å²) < 4.78 is 5.43. The van der Waals surface area contributed by atoms with Gasteiger partial charge in [-0.3, -0.25) is 0 Å². The number of carboxylic acids is 1. The molecule has 0 aromatic heterocycles. The van der Waals surface area contributed by atoms with E-state index in [1.165, 1.54) is 19.1 Å². The summed E-state index contributed by atoms with van der Waals surface area (Å²) in [5.41, 5.74) is -1.01. The quantitative estimate of drug-likeness (QED) is 0.822. The van der Waals surface area contributed by atoms with Crippen LogP contribution in [0, 0.1) is 0 Å². The van der Waals surface area contributed by atoms with E-state index in [1.807, 2.05) is 0 Å². The molecular weight excluding hydrogens is 208 g/mol. The minimum absolute atomic E-state index is 0.0253. The number of aliphatic carboxylic acids is 1. The largest absolute Gasteiger partial charge is 0.508 e. The Kier molecular flexibility index (Phi) is 3.55. The Morgan fingerprint density at radius 1 is 1.44 bits per heavy atom. The van der Waals surface area contributed by atoms with Crippen LogP contribution < -0.4 is 0 Å². The molecule has 1 atom stereocenters. The molecule has 0 heterocycles. The van der Waals surface area contributed by atoms with E-state index in [1.54, 1.807) is 26.0 Å². The van der Waals surface area contributed by atoms with Gasteiger partial charge in [0.1, 0.15) is 5.75 Å². The van der Waals surface area contributed by atoms with Gasteiger partial charge in [0.25, 0.3) is 0 Å². The third kappa shape index (κ3) is 2.52. The molecule has 1 aromatic rings. The van der Waals surface area contributed by atoms with E-state index in [-0.39, 0.29) is 11.9 Å². The summed E-state index contributed by atoms with van der Waals surface area (Å²) in [6, 6.07) is 6.10. The fourth-order valence-electron chi connectivity index (χ4n) is 1.52. The SMILES string of the molecule is CC(C)OC(C)(C(=O)O)c1cccc(O)c1. The maximum absolute atomic E-state index is 11.3. The van der Waals surface area contributed by atoms with Crippen LogP contribution in [-0.2, 0) is 15.1 Å². The van der Waals surface area contributed by atoms with Crippen LogP contribution in [0.3, 0.4) is 0 Å². The predicted molar refractivity (Wildman–Crippen MR) is 59.3 cm³/mol. The van der Waals surface area contributed by atoms with Crippen LogP contribution in [0.4, 0.5) is 0 Å². The minimum Gasteiger partial charge on any atom is -0.508 e. The van der Waals surface area contributed by atoms with Crippen molar-refractivity contribution in [1.29, 1.82) is 0 Å². The van der Waals surface area contributed by atoms with E-state index in [0.717, 1.165) is 0 Å². The second-order valence-corrected chi connectivity index (χ2v) is 4.06. The Labute approximate surface area is 94.5 Å². The molecule has 1 unspecified atom stereocenters. The van der Waals surface area contributed by atoms with Crippen LogP contribution >= 0.6 is 0 Å². The standard InChI is InChI=1S/C12H16O4/c1-8(2)16-12(3,11(14)15)9-5-4-6-10(13)7-9/h4-8,13H,1-3H3,(H,14,15). The molecule has 1 aromatic carbocycles. The van der Waals surface area contributed by atoms with Gasteiger partial charge in [-0.05, 0) is 38.5 Å². The van der Waals surface area contributed by atoms with E-state index >= 15 is 0 Å². The molecule has 16 heavy (non-hydrogen) atoms. The molecule has 0 aliphatic carbocycles. The van der Waals surface area contributed by atoms with Crippen LogP contribution in [-0.4, -0.2) is 22.3 Å². The Hall–Kier alpha value is -1.55. The zero-order valence-corrected chi connectivity index (χ0v) is 9.60. The zero-order chi connectivity index (χ0) is 12.3. The molecule has 1 rings (SSSR count). The van der Waals surface area contributed by atoms with Crippen LogP contribution in [0.5, 0.6) is 5.75 Å². The lowest BCUT2D eigenvalue weighted by Gasteiger charge is -2.28. The van der Waals surface area contributed by atoms with Crippen molar-refractivity contribution in [1.82, 2.24) is 0 Å². The molecule has 88 valence electrons. The van der Waals surface area contributed by atoms with Gasteiger partial charge in [0.2, 0.25) is 0 Å². The van der Waals surface area contributed by atoms with Crippen molar-refractivity contribution in [2.24, 2.45) is 0 Å². The molecule has 0 saturated carbocycles. The summed E-state index contributed by atoms with van der Waals surface area (Å²) in [6.07, 6.45) is -0.219. The van der Waals surface area contributed by atoms with Crippen molar-refractivity contribution < 1.29 is 19.7 Å². The molecule has 0 aliphatic rings.